The van der Waals surface area contributed by atoms with Crippen molar-refractivity contribution in [3.8, 4) is 11.5 Å². The average Bonchev–Trinajstić information content (AvgIpc) is 2.54. The van der Waals surface area contributed by atoms with E-state index in [0.717, 1.165) is 24.3 Å². The van der Waals surface area contributed by atoms with Crippen molar-refractivity contribution < 1.29 is 9.47 Å². The zero-order chi connectivity index (χ0) is 15.1. The zero-order valence-corrected chi connectivity index (χ0v) is 12.5. The number of hydrogen-bond acceptors (Lipinski definition) is 4. The van der Waals surface area contributed by atoms with Gasteiger partial charge in [-0.3, -0.25) is 11.3 Å². The van der Waals surface area contributed by atoms with Crippen LogP contribution in [0.25, 0.3) is 0 Å². The van der Waals surface area contributed by atoms with Crippen molar-refractivity contribution in [3.05, 3.63) is 59.7 Å². The molecule has 2 aromatic rings. The van der Waals surface area contributed by atoms with Crippen LogP contribution in [-0.2, 0) is 12.8 Å². The lowest BCUT2D eigenvalue weighted by atomic mass is 9.99. The summed E-state index contributed by atoms with van der Waals surface area (Å²) < 4.78 is 10.5. The maximum absolute atomic E-state index is 5.70. The molecule has 0 radical (unpaired) electrons. The van der Waals surface area contributed by atoms with Crippen LogP contribution in [0.3, 0.4) is 0 Å². The van der Waals surface area contributed by atoms with Crippen LogP contribution in [0, 0.1) is 0 Å². The van der Waals surface area contributed by atoms with E-state index in [0.29, 0.717) is 0 Å². The quantitative estimate of drug-likeness (QED) is 0.606. The molecule has 2 rings (SSSR count). The topological polar surface area (TPSA) is 56.5 Å². The van der Waals surface area contributed by atoms with Crippen LogP contribution in [0.1, 0.15) is 11.1 Å². The van der Waals surface area contributed by atoms with E-state index in [2.05, 4.69) is 17.6 Å². The Hall–Kier alpha value is -2.04. The predicted octanol–water partition coefficient (Wildman–Crippen LogP) is 2.32. The SMILES string of the molecule is COc1cccc(CC(Cc2cccc(OC)c2)NN)c1. The lowest BCUT2D eigenvalue weighted by Crippen LogP contribution is -2.38. The summed E-state index contributed by atoms with van der Waals surface area (Å²) in [6, 6.07) is 16.3. The van der Waals surface area contributed by atoms with Crippen molar-refractivity contribution in [1.29, 1.82) is 0 Å². The third-order valence-corrected chi connectivity index (χ3v) is 3.47. The van der Waals surface area contributed by atoms with Gasteiger partial charge in [-0.15, -0.1) is 0 Å². The van der Waals surface area contributed by atoms with E-state index in [1.165, 1.54) is 11.1 Å². The summed E-state index contributed by atoms with van der Waals surface area (Å²) in [4.78, 5) is 0. The van der Waals surface area contributed by atoms with Crippen molar-refractivity contribution >= 4 is 0 Å². The molecule has 0 aliphatic rings. The monoisotopic (exact) mass is 286 g/mol. The van der Waals surface area contributed by atoms with Gasteiger partial charge in [-0.1, -0.05) is 24.3 Å². The van der Waals surface area contributed by atoms with Gasteiger partial charge in [-0.05, 0) is 48.2 Å². The number of rotatable bonds is 7. The summed E-state index contributed by atoms with van der Waals surface area (Å²) in [6.45, 7) is 0. The van der Waals surface area contributed by atoms with Gasteiger partial charge in [-0.25, -0.2) is 0 Å². The molecule has 0 atom stereocenters. The van der Waals surface area contributed by atoms with E-state index in [9.17, 15) is 0 Å². The van der Waals surface area contributed by atoms with Crippen molar-refractivity contribution in [3.63, 3.8) is 0 Å². The molecule has 4 nitrogen and oxygen atoms in total. The fourth-order valence-electron chi connectivity index (χ4n) is 2.36. The molecule has 0 saturated heterocycles. The molecule has 0 amide bonds. The molecule has 4 heteroatoms. The van der Waals surface area contributed by atoms with Gasteiger partial charge in [0, 0.05) is 6.04 Å². The summed E-state index contributed by atoms with van der Waals surface area (Å²) in [5.74, 6) is 7.43. The Balaban J connectivity index is 2.05. The number of nitrogens with one attached hydrogen (secondary N) is 1. The van der Waals surface area contributed by atoms with E-state index in [-0.39, 0.29) is 6.04 Å². The van der Waals surface area contributed by atoms with E-state index in [4.69, 9.17) is 15.3 Å². The number of hydrazine groups is 1. The van der Waals surface area contributed by atoms with Crippen LogP contribution in [0.5, 0.6) is 11.5 Å². The lowest BCUT2D eigenvalue weighted by Gasteiger charge is -2.17. The highest BCUT2D eigenvalue weighted by atomic mass is 16.5. The third kappa shape index (κ3) is 4.48. The Bertz CT molecular complexity index is 523. The maximum Gasteiger partial charge on any atom is 0.119 e. The molecule has 0 aliphatic heterocycles. The molecule has 0 spiro atoms. The number of hydrogen-bond donors (Lipinski definition) is 2. The van der Waals surface area contributed by atoms with Crippen molar-refractivity contribution in [2.45, 2.75) is 18.9 Å². The first-order valence-corrected chi connectivity index (χ1v) is 6.97. The molecule has 0 aliphatic carbocycles. The number of nitrogens with two attached hydrogens (primary N) is 1. The van der Waals surface area contributed by atoms with Crippen molar-refractivity contribution in [2.75, 3.05) is 14.2 Å². The molecule has 0 fully saturated rings. The summed E-state index contributed by atoms with van der Waals surface area (Å²) >= 11 is 0. The number of methoxy groups -OCH3 is 2. The van der Waals surface area contributed by atoms with Gasteiger partial charge >= 0.3 is 0 Å². The van der Waals surface area contributed by atoms with Gasteiger partial charge in [0.25, 0.3) is 0 Å². The van der Waals surface area contributed by atoms with Crippen LogP contribution in [-0.4, -0.2) is 20.3 Å². The van der Waals surface area contributed by atoms with E-state index >= 15 is 0 Å². The molecule has 21 heavy (non-hydrogen) atoms. The second-order valence-electron chi connectivity index (χ2n) is 4.97. The minimum absolute atomic E-state index is 0.157. The Morgan fingerprint density at radius 1 is 0.905 bits per heavy atom. The molecule has 3 N–H and O–H groups in total. The third-order valence-electron chi connectivity index (χ3n) is 3.47. The minimum atomic E-state index is 0.157. The summed E-state index contributed by atoms with van der Waals surface area (Å²) in [7, 11) is 3.35. The van der Waals surface area contributed by atoms with Crippen LogP contribution in [0.4, 0.5) is 0 Å². The molecular weight excluding hydrogens is 264 g/mol. The van der Waals surface area contributed by atoms with Crippen molar-refractivity contribution in [1.82, 2.24) is 5.43 Å². The Kier molecular flexibility index (Phi) is 5.60. The fourth-order valence-corrected chi connectivity index (χ4v) is 2.36. The summed E-state index contributed by atoms with van der Waals surface area (Å²) in [6.07, 6.45) is 1.68. The molecule has 0 aromatic heterocycles. The van der Waals surface area contributed by atoms with Crippen LogP contribution in [0.15, 0.2) is 48.5 Å². The highest BCUT2D eigenvalue weighted by Crippen LogP contribution is 2.17. The van der Waals surface area contributed by atoms with Gasteiger partial charge in [0.1, 0.15) is 11.5 Å². The largest absolute Gasteiger partial charge is 0.497 e. The second kappa shape index (κ2) is 7.67. The molecular formula is C17H22N2O2. The average molecular weight is 286 g/mol. The Morgan fingerprint density at radius 3 is 1.76 bits per heavy atom. The highest BCUT2D eigenvalue weighted by Gasteiger charge is 2.10. The first-order chi connectivity index (χ1) is 10.2. The molecule has 0 unspecified atom stereocenters. The standard InChI is InChI=1S/C17H22N2O2/c1-20-16-7-3-5-13(11-16)9-15(19-18)10-14-6-4-8-17(12-14)21-2/h3-8,11-12,15,19H,9-10,18H2,1-2H3. The maximum atomic E-state index is 5.70. The zero-order valence-electron chi connectivity index (χ0n) is 12.5. The summed E-state index contributed by atoms with van der Waals surface area (Å²) in [5.41, 5.74) is 5.28. The first-order valence-electron chi connectivity index (χ1n) is 6.97. The van der Waals surface area contributed by atoms with E-state index in [1.807, 2.05) is 36.4 Å². The highest BCUT2D eigenvalue weighted by molar-refractivity contribution is 5.31. The molecule has 0 saturated carbocycles. The molecule has 0 bridgehead atoms. The molecule has 112 valence electrons. The van der Waals surface area contributed by atoms with E-state index in [1.54, 1.807) is 14.2 Å². The van der Waals surface area contributed by atoms with Gasteiger partial charge in [0.2, 0.25) is 0 Å². The number of ether oxygens (including phenoxy) is 2. The normalized spacial score (nSPS) is 10.7. The van der Waals surface area contributed by atoms with Crippen LogP contribution in [0.2, 0.25) is 0 Å². The molecule has 0 heterocycles. The van der Waals surface area contributed by atoms with E-state index < -0.39 is 0 Å². The van der Waals surface area contributed by atoms with Crippen LogP contribution >= 0.6 is 0 Å². The molecule has 2 aromatic carbocycles. The fraction of sp³-hybridized carbons (Fsp3) is 0.294. The summed E-state index contributed by atoms with van der Waals surface area (Å²) in [5, 5.41) is 0. The Labute approximate surface area is 125 Å². The van der Waals surface area contributed by atoms with Gasteiger partial charge in [0.05, 0.1) is 14.2 Å². The van der Waals surface area contributed by atoms with Gasteiger partial charge in [-0.2, -0.15) is 0 Å². The van der Waals surface area contributed by atoms with Gasteiger partial charge in [0.15, 0.2) is 0 Å². The van der Waals surface area contributed by atoms with Crippen LogP contribution < -0.4 is 20.7 Å². The smallest absolute Gasteiger partial charge is 0.119 e. The minimum Gasteiger partial charge on any atom is -0.497 e. The Morgan fingerprint density at radius 2 is 1.38 bits per heavy atom. The number of benzene rings is 2. The van der Waals surface area contributed by atoms with Gasteiger partial charge < -0.3 is 9.47 Å². The lowest BCUT2D eigenvalue weighted by molar-refractivity contribution is 0.413. The van der Waals surface area contributed by atoms with Crippen molar-refractivity contribution in [2.24, 2.45) is 5.84 Å². The predicted molar refractivity (Wildman–Crippen MR) is 84.5 cm³/mol. The first kappa shape index (κ1) is 15.4. The second-order valence-corrected chi connectivity index (χ2v) is 4.97.